The van der Waals surface area contributed by atoms with E-state index in [9.17, 15) is 0 Å². The van der Waals surface area contributed by atoms with Gasteiger partial charge in [-0.15, -0.1) is 0 Å². The van der Waals surface area contributed by atoms with Crippen LogP contribution in [0.15, 0.2) is 401 Å². The Kier molecular flexibility index (Phi) is 15.4. The average Bonchev–Trinajstić information content (AvgIpc) is 1.51. The van der Waals surface area contributed by atoms with Crippen molar-refractivity contribution in [3.63, 3.8) is 0 Å². The quantitative estimate of drug-likeness (QED) is 0.114. The number of fused-ring (bicyclic) bond motifs is 9. The topological polar surface area (TPSA) is 32.3 Å². The minimum Gasteiger partial charge on any atom is -0.310 e. The van der Waals surface area contributed by atoms with Gasteiger partial charge in [0.1, 0.15) is 0 Å². The molecule has 21 rings (SSSR count). The molecule has 0 amide bonds. The second-order valence-corrected chi connectivity index (χ2v) is 28.8. The molecule has 0 fully saturated rings. The van der Waals surface area contributed by atoms with E-state index in [4.69, 9.17) is 0 Å². The van der Waals surface area contributed by atoms with Gasteiger partial charge in [0.25, 0.3) is 0 Å². The fourth-order valence-electron chi connectivity index (χ4n) is 18.3. The molecule has 0 saturated carbocycles. The van der Waals surface area contributed by atoms with Gasteiger partial charge in [-0.1, -0.05) is 315 Å². The van der Waals surface area contributed by atoms with Crippen LogP contribution in [0.25, 0.3) is 98.6 Å². The van der Waals surface area contributed by atoms with Crippen molar-refractivity contribution in [2.75, 3.05) is 9.80 Å². The second kappa shape index (κ2) is 26.1. The number of aryl methyl sites for hydroxylation is 2. The van der Waals surface area contributed by atoms with E-state index in [1.165, 1.54) is 132 Å². The van der Waals surface area contributed by atoms with Crippen LogP contribution in [0.3, 0.4) is 0 Å². The lowest BCUT2D eigenvalue weighted by Crippen LogP contribution is -2.28. The van der Waals surface area contributed by atoms with Crippen molar-refractivity contribution >= 4 is 88.2 Å². The summed E-state index contributed by atoms with van der Waals surface area (Å²) < 4.78 is 0. The smallest absolute Gasteiger partial charge is 0.0970 e. The van der Waals surface area contributed by atoms with E-state index in [2.05, 4.69) is 410 Å². The maximum absolute atomic E-state index is 4.67. The highest BCUT2D eigenvalue weighted by molar-refractivity contribution is 6.28. The highest BCUT2D eigenvalue weighted by Crippen LogP contribution is 2.59. The van der Waals surface area contributed by atoms with Crippen LogP contribution < -0.4 is 9.80 Å². The Morgan fingerprint density at radius 3 is 0.907 bits per heavy atom. The van der Waals surface area contributed by atoms with Crippen molar-refractivity contribution in [2.24, 2.45) is 0 Å². The Bertz CT molecular complexity index is 6170. The predicted molar refractivity (Wildman–Crippen MR) is 452 cm³/mol. The maximum Gasteiger partial charge on any atom is 0.0970 e. The fraction of sp³-hybridized carbons (Fsp3) is 0.0385. The highest BCUT2D eigenvalue weighted by atomic mass is 15.2. The Hall–Kier alpha value is -13.8. The molecule has 0 atom stereocenters. The molecule has 0 radical (unpaired) electrons. The molecule has 0 saturated heterocycles. The van der Waals surface area contributed by atoms with Gasteiger partial charge in [-0.2, -0.15) is 0 Å². The molecule has 508 valence electrons. The van der Waals surface area contributed by atoms with Gasteiger partial charge >= 0.3 is 0 Å². The van der Waals surface area contributed by atoms with Crippen molar-refractivity contribution in [3.05, 3.63) is 456 Å². The van der Waals surface area contributed by atoms with Crippen molar-refractivity contribution in [2.45, 2.75) is 24.7 Å². The third-order valence-corrected chi connectivity index (χ3v) is 22.8. The van der Waals surface area contributed by atoms with Crippen LogP contribution in [0.4, 0.5) is 34.1 Å². The van der Waals surface area contributed by atoms with Crippen LogP contribution >= 0.6 is 0 Å². The standard InChI is InChI=1S/C80H56N2.C24H16N2/c1-53-21-17-29-61(49-53)81(63-31-19-27-59(51-63)79(57-23-5-3-6-24-57)71-37-13-9-33-65(71)66-34-10-14-38-72(66)79)75-47-43-55-42-46-70-76(48-44-56-41-45-69(75)77(55)78(56)70)82(62-30-18-22-54(2)50-62)64-32-20-28-60(52-64)80(58-25-7-4-8-26-58)73-39-15-11-35-67(73)68-36-12-16-40-74(68)80;1-3-7-17(8-4-1)19-13-15-25-23-21(19)11-12-22-20(14-16-26-24(22)23)18-9-5-2-6-10-18/h3-52H,1-2H3;1-16H. The Labute approximate surface area is 629 Å². The molecule has 2 heterocycles. The average molecular weight is 1380 g/mol. The van der Waals surface area contributed by atoms with E-state index in [-0.39, 0.29) is 0 Å². The first-order valence-corrected chi connectivity index (χ1v) is 37.3. The zero-order valence-electron chi connectivity index (χ0n) is 59.9. The molecular formula is C104H72N4. The van der Waals surface area contributed by atoms with Gasteiger partial charge in [0, 0.05) is 56.7 Å². The zero-order chi connectivity index (χ0) is 71.9. The summed E-state index contributed by atoms with van der Waals surface area (Å²) >= 11 is 0. The lowest BCUT2D eigenvalue weighted by molar-refractivity contribution is 0.768. The van der Waals surface area contributed by atoms with E-state index < -0.39 is 10.8 Å². The molecule has 0 spiro atoms. The molecule has 2 aliphatic rings. The van der Waals surface area contributed by atoms with Gasteiger partial charge < -0.3 is 9.80 Å². The lowest BCUT2D eigenvalue weighted by atomic mass is 9.67. The zero-order valence-corrected chi connectivity index (χ0v) is 59.9. The molecular weight excluding hydrogens is 1310 g/mol. The summed E-state index contributed by atoms with van der Waals surface area (Å²) in [6.45, 7) is 4.40. The minimum atomic E-state index is -0.543. The molecule has 19 aromatic rings. The van der Waals surface area contributed by atoms with Gasteiger partial charge in [-0.05, 0) is 208 Å². The Morgan fingerprint density at radius 1 is 0.231 bits per heavy atom. The van der Waals surface area contributed by atoms with Crippen molar-refractivity contribution in [3.8, 4) is 44.5 Å². The number of hydrogen-bond donors (Lipinski definition) is 0. The molecule has 2 aliphatic carbocycles. The predicted octanol–water partition coefficient (Wildman–Crippen LogP) is 27.0. The largest absolute Gasteiger partial charge is 0.310 e. The Morgan fingerprint density at radius 2 is 0.537 bits per heavy atom. The molecule has 4 heteroatoms. The van der Waals surface area contributed by atoms with Gasteiger partial charge in [-0.25, -0.2) is 0 Å². The summed E-state index contributed by atoms with van der Waals surface area (Å²) in [5.41, 5.74) is 29.9. The second-order valence-electron chi connectivity index (χ2n) is 28.8. The number of anilines is 6. The first-order valence-electron chi connectivity index (χ1n) is 37.3. The number of hydrogen-bond acceptors (Lipinski definition) is 4. The number of benzene rings is 17. The number of rotatable bonds is 12. The molecule has 0 unspecified atom stereocenters. The summed E-state index contributed by atoms with van der Waals surface area (Å²) in [5.74, 6) is 0. The monoisotopic (exact) mass is 1380 g/mol. The van der Waals surface area contributed by atoms with Crippen LogP contribution in [-0.4, -0.2) is 9.97 Å². The lowest BCUT2D eigenvalue weighted by Gasteiger charge is -2.35. The highest BCUT2D eigenvalue weighted by Gasteiger charge is 2.48. The maximum atomic E-state index is 4.67. The fourth-order valence-corrected chi connectivity index (χ4v) is 18.3. The molecule has 4 nitrogen and oxygen atoms in total. The summed E-state index contributed by atoms with van der Waals surface area (Å²) in [7, 11) is 0. The first-order chi connectivity index (χ1) is 53.4. The van der Waals surface area contributed by atoms with Gasteiger partial charge in [0.15, 0.2) is 0 Å². The SMILES string of the molecule is Cc1cccc(N(c2cccc(C3(c4ccccc4)c4ccccc4-c4ccccc43)c2)c2ccc3ccc4c(N(c5cccc(C)c5)c5cccc(C6(c7ccccc7)c7ccccc7-c7ccccc76)c5)ccc5ccc2c3c54)c1.c1ccc(-c2ccnc3c2ccc2c(-c4ccccc4)ccnc23)cc1. The molecule has 2 aromatic heterocycles. The van der Waals surface area contributed by atoms with Gasteiger partial charge in [0.05, 0.1) is 33.2 Å². The normalized spacial score (nSPS) is 12.9. The van der Waals surface area contributed by atoms with Crippen molar-refractivity contribution in [1.29, 1.82) is 0 Å². The van der Waals surface area contributed by atoms with Gasteiger partial charge in [0.2, 0.25) is 0 Å². The summed E-state index contributed by atoms with van der Waals surface area (Å²) in [6, 6.07) is 143. The van der Waals surface area contributed by atoms with Gasteiger partial charge in [-0.3, -0.25) is 9.97 Å². The molecule has 108 heavy (non-hydrogen) atoms. The van der Waals surface area contributed by atoms with Crippen LogP contribution in [0, 0.1) is 13.8 Å². The van der Waals surface area contributed by atoms with E-state index in [0.29, 0.717) is 0 Å². The molecule has 0 N–H and O–H groups in total. The number of aromatic nitrogens is 2. The molecule has 17 aromatic carbocycles. The summed E-state index contributed by atoms with van der Waals surface area (Å²) in [5, 5.41) is 9.57. The first kappa shape index (κ1) is 63.9. The van der Waals surface area contributed by atoms with Crippen LogP contribution in [0.5, 0.6) is 0 Å². The third kappa shape index (κ3) is 10.1. The summed E-state index contributed by atoms with van der Waals surface area (Å²) in [6.07, 6.45) is 3.75. The van der Waals surface area contributed by atoms with E-state index in [1.54, 1.807) is 0 Å². The third-order valence-electron chi connectivity index (χ3n) is 22.8. The van der Waals surface area contributed by atoms with Crippen molar-refractivity contribution in [1.82, 2.24) is 9.97 Å². The summed E-state index contributed by atoms with van der Waals surface area (Å²) in [4.78, 5) is 14.3. The number of nitrogens with zero attached hydrogens (tertiary/aromatic N) is 4. The minimum absolute atomic E-state index is 0.543. The van der Waals surface area contributed by atoms with E-state index in [1.807, 2.05) is 24.5 Å². The van der Waals surface area contributed by atoms with Crippen LogP contribution in [-0.2, 0) is 10.8 Å². The Balaban J connectivity index is 0.000000248. The number of pyridine rings is 2. The van der Waals surface area contributed by atoms with Crippen LogP contribution in [0.1, 0.15) is 55.6 Å². The van der Waals surface area contributed by atoms with E-state index in [0.717, 1.165) is 55.9 Å². The van der Waals surface area contributed by atoms with Crippen LogP contribution in [0.2, 0.25) is 0 Å². The van der Waals surface area contributed by atoms with E-state index >= 15 is 0 Å². The van der Waals surface area contributed by atoms with Crippen molar-refractivity contribution < 1.29 is 0 Å². The molecule has 0 bridgehead atoms. The molecule has 0 aliphatic heterocycles.